The summed E-state index contributed by atoms with van der Waals surface area (Å²) in [4.78, 5) is 27.4. The third kappa shape index (κ3) is 3.14. The third-order valence-electron chi connectivity index (χ3n) is 4.31. The van der Waals surface area contributed by atoms with E-state index in [-0.39, 0.29) is 16.8 Å². The number of H-pyrrole nitrogens is 1. The van der Waals surface area contributed by atoms with Crippen LogP contribution in [0, 0.1) is 0 Å². The normalized spacial score (nSPS) is 10.9. The van der Waals surface area contributed by atoms with Crippen LogP contribution in [0.25, 0.3) is 33.5 Å². The van der Waals surface area contributed by atoms with E-state index in [1.165, 1.54) is 18.2 Å². The second-order valence-electron chi connectivity index (χ2n) is 6.05. The van der Waals surface area contributed by atoms with Crippen molar-refractivity contribution in [3.8, 4) is 22.5 Å². The molecule has 8 heteroatoms. The maximum atomic E-state index is 11.9. The average molecular weight is 438 g/mol. The summed E-state index contributed by atoms with van der Waals surface area (Å²) in [7, 11) is 0. The van der Waals surface area contributed by atoms with E-state index in [4.69, 9.17) is 5.11 Å². The van der Waals surface area contributed by atoms with Gasteiger partial charge in [0, 0.05) is 15.6 Å². The molecule has 0 unspecified atom stereocenters. The molecule has 3 N–H and O–H groups in total. The predicted molar refractivity (Wildman–Crippen MR) is 106 cm³/mol. The Hall–Kier alpha value is -3.52. The molecule has 138 valence electrons. The zero-order chi connectivity index (χ0) is 19.8. The lowest BCUT2D eigenvalue weighted by Crippen LogP contribution is -2.01. The largest absolute Gasteiger partial charge is 0.478 e. The van der Waals surface area contributed by atoms with Gasteiger partial charge in [-0.05, 0) is 30.3 Å². The van der Waals surface area contributed by atoms with Crippen LogP contribution in [-0.4, -0.2) is 37.3 Å². The number of aromatic carboxylic acids is 2. The van der Waals surface area contributed by atoms with E-state index in [1.54, 1.807) is 12.1 Å². The highest BCUT2D eigenvalue weighted by atomic mass is 79.9. The number of rotatable bonds is 4. The molecule has 0 amide bonds. The maximum absolute atomic E-state index is 11.9. The number of carboxylic acid groups (broad SMARTS) is 2. The molecule has 0 aliphatic heterocycles. The van der Waals surface area contributed by atoms with Gasteiger partial charge in [0.25, 0.3) is 0 Å². The summed E-state index contributed by atoms with van der Waals surface area (Å²) in [5, 5.41) is 26.3. The summed E-state index contributed by atoms with van der Waals surface area (Å²) in [6.07, 6.45) is 0. The Morgan fingerprint density at radius 1 is 0.893 bits per heavy atom. The number of carbonyl (C=O) groups is 2. The molecule has 0 fully saturated rings. The molecule has 0 atom stereocenters. The van der Waals surface area contributed by atoms with E-state index in [9.17, 15) is 14.7 Å². The van der Waals surface area contributed by atoms with Crippen LogP contribution in [0.4, 0.5) is 0 Å². The Morgan fingerprint density at radius 2 is 1.54 bits per heavy atom. The lowest BCUT2D eigenvalue weighted by molar-refractivity contribution is 0.0687. The van der Waals surface area contributed by atoms with Crippen molar-refractivity contribution in [2.45, 2.75) is 0 Å². The van der Waals surface area contributed by atoms with E-state index in [2.05, 4.69) is 31.1 Å². The molecule has 7 nitrogen and oxygen atoms in total. The molecular formula is C20H12BrN3O4. The molecule has 0 radical (unpaired) electrons. The van der Waals surface area contributed by atoms with Gasteiger partial charge in [-0.3, -0.25) is 5.10 Å². The molecule has 0 aliphatic carbocycles. The lowest BCUT2D eigenvalue weighted by atomic mass is 10.0. The Labute approximate surface area is 166 Å². The molecule has 0 spiro atoms. The summed E-state index contributed by atoms with van der Waals surface area (Å²) in [6, 6.07) is 14.9. The molecule has 2 aromatic heterocycles. The molecular weight excluding hydrogens is 426 g/mol. The van der Waals surface area contributed by atoms with Gasteiger partial charge in [-0.2, -0.15) is 5.10 Å². The van der Waals surface area contributed by atoms with Crippen LogP contribution < -0.4 is 0 Å². The quantitative estimate of drug-likeness (QED) is 0.434. The zero-order valence-electron chi connectivity index (χ0n) is 14.2. The number of fused-ring (bicyclic) bond motifs is 1. The fraction of sp³-hybridized carbons (Fsp3) is 0. The first kappa shape index (κ1) is 17.9. The minimum atomic E-state index is -1.10. The SMILES string of the molecule is O=C(O)c1ccc(-c2cc(C(=O)O)c3c(-c4ccc(Br)cc4)[nH]nc3n2)cc1. The number of benzene rings is 2. The van der Waals surface area contributed by atoms with Crippen molar-refractivity contribution in [2.24, 2.45) is 0 Å². The predicted octanol–water partition coefficient (Wildman–Crippen LogP) is 4.45. The van der Waals surface area contributed by atoms with Crippen molar-refractivity contribution in [3.63, 3.8) is 0 Å². The van der Waals surface area contributed by atoms with Gasteiger partial charge < -0.3 is 10.2 Å². The van der Waals surface area contributed by atoms with Gasteiger partial charge in [0.1, 0.15) is 0 Å². The van der Waals surface area contributed by atoms with Crippen molar-refractivity contribution in [1.82, 2.24) is 15.2 Å². The molecule has 0 aliphatic rings. The standard InChI is InChI=1S/C20H12BrN3O4/c21-13-7-5-11(6-8-13)17-16-14(20(27)28)9-15(22-18(16)24-23-17)10-1-3-12(4-2-10)19(25)26/h1-9H,(H,25,26)(H,27,28)(H,22,23,24). The van der Waals surface area contributed by atoms with Crippen LogP contribution >= 0.6 is 15.9 Å². The molecule has 4 aromatic rings. The summed E-state index contributed by atoms with van der Waals surface area (Å²) in [6.45, 7) is 0. The van der Waals surface area contributed by atoms with Crippen molar-refractivity contribution in [3.05, 3.63) is 70.2 Å². The van der Waals surface area contributed by atoms with E-state index in [1.807, 2.05) is 24.3 Å². The van der Waals surface area contributed by atoms with Crippen molar-refractivity contribution >= 4 is 38.9 Å². The lowest BCUT2D eigenvalue weighted by Gasteiger charge is -2.06. The van der Waals surface area contributed by atoms with Gasteiger partial charge in [-0.1, -0.05) is 40.2 Å². The number of hydrogen-bond donors (Lipinski definition) is 3. The zero-order valence-corrected chi connectivity index (χ0v) is 15.8. The fourth-order valence-electron chi connectivity index (χ4n) is 2.95. The number of pyridine rings is 1. The minimum Gasteiger partial charge on any atom is -0.478 e. The van der Waals surface area contributed by atoms with E-state index < -0.39 is 11.9 Å². The first-order valence-electron chi connectivity index (χ1n) is 8.16. The summed E-state index contributed by atoms with van der Waals surface area (Å²) in [5.74, 6) is -2.14. The van der Waals surface area contributed by atoms with Crippen LogP contribution in [0.1, 0.15) is 20.7 Å². The third-order valence-corrected chi connectivity index (χ3v) is 4.84. The van der Waals surface area contributed by atoms with Gasteiger partial charge in [-0.25, -0.2) is 14.6 Å². The number of aromatic nitrogens is 3. The molecule has 4 rings (SSSR count). The number of aromatic amines is 1. The summed E-state index contributed by atoms with van der Waals surface area (Å²) in [5.41, 5.74) is 2.83. The van der Waals surface area contributed by atoms with E-state index in [0.717, 1.165) is 10.0 Å². The van der Waals surface area contributed by atoms with Gasteiger partial charge in [-0.15, -0.1) is 0 Å². The first-order valence-corrected chi connectivity index (χ1v) is 8.95. The molecule has 0 saturated heterocycles. The maximum Gasteiger partial charge on any atom is 0.336 e. The summed E-state index contributed by atoms with van der Waals surface area (Å²) < 4.78 is 0.906. The number of carboxylic acids is 2. The van der Waals surface area contributed by atoms with Crippen molar-refractivity contribution in [2.75, 3.05) is 0 Å². The molecule has 0 bridgehead atoms. The molecule has 2 heterocycles. The van der Waals surface area contributed by atoms with E-state index >= 15 is 0 Å². The minimum absolute atomic E-state index is 0.0639. The van der Waals surface area contributed by atoms with Crippen LogP contribution in [0.15, 0.2) is 59.1 Å². The van der Waals surface area contributed by atoms with Crippen LogP contribution in [0.3, 0.4) is 0 Å². The van der Waals surface area contributed by atoms with Crippen LogP contribution in [0.5, 0.6) is 0 Å². The van der Waals surface area contributed by atoms with Crippen LogP contribution in [-0.2, 0) is 0 Å². The number of nitrogens with zero attached hydrogens (tertiary/aromatic N) is 2. The van der Waals surface area contributed by atoms with Crippen molar-refractivity contribution in [1.29, 1.82) is 0 Å². The smallest absolute Gasteiger partial charge is 0.336 e. The first-order chi connectivity index (χ1) is 13.4. The summed E-state index contributed by atoms with van der Waals surface area (Å²) >= 11 is 3.38. The van der Waals surface area contributed by atoms with Gasteiger partial charge in [0.05, 0.1) is 27.9 Å². The Morgan fingerprint density at radius 3 is 2.14 bits per heavy atom. The molecule has 0 saturated carbocycles. The number of hydrogen-bond acceptors (Lipinski definition) is 4. The average Bonchev–Trinajstić information content (AvgIpc) is 3.12. The van der Waals surface area contributed by atoms with E-state index in [0.29, 0.717) is 22.3 Å². The Balaban J connectivity index is 1.89. The van der Waals surface area contributed by atoms with Crippen LogP contribution in [0.2, 0.25) is 0 Å². The molecule has 2 aromatic carbocycles. The topological polar surface area (TPSA) is 116 Å². The highest BCUT2D eigenvalue weighted by molar-refractivity contribution is 9.10. The van der Waals surface area contributed by atoms with Gasteiger partial charge in [0.15, 0.2) is 5.65 Å². The number of nitrogens with one attached hydrogen (secondary N) is 1. The monoisotopic (exact) mass is 437 g/mol. The van der Waals surface area contributed by atoms with Crippen molar-refractivity contribution < 1.29 is 19.8 Å². The second-order valence-corrected chi connectivity index (χ2v) is 6.96. The highest BCUT2D eigenvalue weighted by Crippen LogP contribution is 2.32. The Kier molecular flexibility index (Phi) is 4.40. The van der Waals surface area contributed by atoms with Gasteiger partial charge >= 0.3 is 11.9 Å². The highest BCUT2D eigenvalue weighted by Gasteiger charge is 2.20. The molecule has 28 heavy (non-hydrogen) atoms. The van der Waals surface area contributed by atoms with Gasteiger partial charge in [0.2, 0.25) is 0 Å². The fourth-order valence-corrected chi connectivity index (χ4v) is 3.21. The number of halogens is 1. The Bertz CT molecular complexity index is 1210. The second kappa shape index (κ2) is 6.90.